The van der Waals surface area contributed by atoms with E-state index < -0.39 is 0 Å². The topological polar surface area (TPSA) is 43.4 Å². The molecule has 5 heteroatoms. The number of para-hydroxylation sites is 1. The van der Waals surface area contributed by atoms with E-state index in [0.29, 0.717) is 5.41 Å². The summed E-state index contributed by atoms with van der Waals surface area (Å²) in [7, 11) is 1.91. The average Bonchev–Trinajstić information content (AvgIpc) is 3.17. The summed E-state index contributed by atoms with van der Waals surface area (Å²) in [6, 6.07) is 6.51. The van der Waals surface area contributed by atoms with Crippen molar-refractivity contribution in [3.8, 4) is 0 Å². The lowest BCUT2D eigenvalue weighted by molar-refractivity contribution is 0.151. The summed E-state index contributed by atoms with van der Waals surface area (Å²) in [5.74, 6) is 1.08. The molecule has 0 amide bonds. The highest BCUT2D eigenvalue weighted by Crippen LogP contribution is 2.47. The monoisotopic (exact) mass is 452 g/mol. The van der Waals surface area contributed by atoms with Crippen molar-refractivity contribution in [3.05, 3.63) is 35.5 Å². The molecule has 4 nitrogen and oxygen atoms in total. The zero-order valence-corrected chi connectivity index (χ0v) is 17.6. The molecule has 2 heterocycles. The van der Waals surface area contributed by atoms with Gasteiger partial charge in [0.2, 0.25) is 0 Å². The number of halogens is 1. The number of aromatic nitrogens is 1. The predicted molar refractivity (Wildman–Crippen MR) is 116 cm³/mol. The first-order valence-corrected chi connectivity index (χ1v) is 9.22. The zero-order valence-electron chi connectivity index (χ0n) is 15.3. The Morgan fingerprint density at radius 2 is 2.16 bits per heavy atom. The summed E-state index contributed by atoms with van der Waals surface area (Å²) < 4.78 is 0. The van der Waals surface area contributed by atoms with Crippen LogP contribution < -0.4 is 5.32 Å². The lowest BCUT2D eigenvalue weighted by Gasteiger charge is -2.38. The Balaban J connectivity index is 0.00000182. The van der Waals surface area contributed by atoms with Crippen LogP contribution >= 0.6 is 24.0 Å². The second-order valence-corrected chi connectivity index (χ2v) is 7.56. The maximum atomic E-state index is 4.51. The Labute approximate surface area is 167 Å². The molecule has 1 saturated heterocycles. The van der Waals surface area contributed by atoms with E-state index in [4.69, 9.17) is 0 Å². The van der Waals surface area contributed by atoms with E-state index in [1.165, 1.54) is 54.3 Å². The number of benzene rings is 1. The van der Waals surface area contributed by atoms with Crippen molar-refractivity contribution in [2.45, 2.75) is 39.0 Å². The van der Waals surface area contributed by atoms with Gasteiger partial charge in [-0.15, -0.1) is 24.0 Å². The van der Waals surface area contributed by atoms with Crippen molar-refractivity contribution in [2.24, 2.45) is 10.4 Å². The smallest absolute Gasteiger partial charge is 0.193 e. The Bertz CT molecular complexity index is 760. The van der Waals surface area contributed by atoms with Crippen LogP contribution in [0.1, 0.15) is 36.8 Å². The van der Waals surface area contributed by atoms with E-state index in [1.54, 1.807) is 0 Å². The second kappa shape index (κ2) is 7.56. The van der Waals surface area contributed by atoms with Gasteiger partial charge in [-0.3, -0.25) is 4.99 Å². The van der Waals surface area contributed by atoms with Crippen molar-refractivity contribution < 1.29 is 0 Å². The van der Waals surface area contributed by atoms with E-state index in [9.17, 15) is 0 Å². The lowest BCUT2D eigenvalue weighted by Crippen LogP contribution is -2.43. The fourth-order valence-corrected chi connectivity index (χ4v) is 4.41. The number of likely N-dealkylation sites (tertiary alicyclic amines) is 1. The molecule has 1 saturated carbocycles. The van der Waals surface area contributed by atoms with Gasteiger partial charge in [-0.1, -0.05) is 24.6 Å². The van der Waals surface area contributed by atoms with Gasteiger partial charge in [0.1, 0.15) is 0 Å². The maximum Gasteiger partial charge on any atom is 0.193 e. The predicted octanol–water partition coefficient (Wildman–Crippen LogP) is 4.09. The van der Waals surface area contributed by atoms with E-state index >= 15 is 0 Å². The summed E-state index contributed by atoms with van der Waals surface area (Å²) in [5.41, 5.74) is 4.58. The zero-order chi connectivity index (χ0) is 16.6. The SMILES string of the molecule is CN=C(NCCc1c[nH]c2c(C)cccc12)N1CCC2(CCC2)C1.I. The number of aromatic amines is 1. The summed E-state index contributed by atoms with van der Waals surface area (Å²) in [4.78, 5) is 10.4. The molecule has 1 aromatic carbocycles. The molecule has 136 valence electrons. The van der Waals surface area contributed by atoms with Crippen LogP contribution in [0.4, 0.5) is 0 Å². The molecule has 0 bridgehead atoms. The highest BCUT2D eigenvalue weighted by molar-refractivity contribution is 14.0. The van der Waals surface area contributed by atoms with Crippen molar-refractivity contribution in [1.29, 1.82) is 0 Å². The van der Waals surface area contributed by atoms with Crippen molar-refractivity contribution in [3.63, 3.8) is 0 Å². The van der Waals surface area contributed by atoms with Crippen LogP contribution in [0.25, 0.3) is 10.9 Å². The summed E-state index contributed by atoms with van der Waals surface area (Å²) in [6.07, 6.45) is 8.75. The Kier molecular flexibility index (Phi) is 5.61. The fraction of sp³-hybridized carbons (Fsp3) is 0.550. The van der Waals surface area contributed by atoms with Crippen LogP contribution in [0.15, 0.2) is 29.4 Å². The van der Waals surface area contributed by atoms with Gasteiger partial charge in [0.05, 0.1) is 0 Å². The normalized spacial score (nSPS) is 19.1. The van der Waals surface area contributed by atoms with E-state index in [0.717, 1.165) is 25.5 Å². The van der Waals surface area contributed by atoms with Gasteiger partial charge in [0.15, 0.2) is 5.96 Å². The molecule has 1 aliphatic carbocycles. The minimum atomic E-state index is 0. The number of fused-ring (bicyclic) bond motifs is 1. The van der Waals surface area contributed by atoms with Gasteiger partial charge in [-0.05, 0) is 49.1 Å². The first-order valence-electron chi connectivity index (χ1n) is 9.22. The Hall–Kier alpha value is -1.24. The summed E-state index contributed by atoms with van der Waals surface area (Å²) in [6.45, 7) is 5.44. The van der Waals surface area contributed by atoms with Crippen LogP contribution in [-0.2, 0) is 6.42 Å². The van der Waals surface area contributed by atoms with Gasteiger partial charge in [0, 0.05) is 43.8 Å². The van der Waals surface area contributed by atoms with Crippen LogP contribution in [-0.4, -0.2) is 42.5 Å². The largest absolute Gasteiger partial charge is 0.361 e. The molecule has 25 heavy (non-hydrogen) atoms. The molecule has 0 atom stereocenters. The Morgan fingerprint density at radius 3 is 2.84 bits per heavy atom. The van der Waals surface area contributed by atoms with Crippen LogP contribution in [0.3, 0.4) is 0 Å². The molecule has 1 aliphatic heterocycles. The van der Waals surface area contributed by atoms with Gasteiger partial charge >= 0.3 is 0 Å². The molecule has 2 aliphatic rings. The minimum Gasteiger partial charge on any atom is -0.361 e. The third kappa shape index (κ3) is 3.52. The fourth-order valence-electron chi connectivity index (χ4n) is 4.41. The number of hydrogen-bond donors (Lipinski definition) is 2. The lowest BCUT2D eigenvalue weighted by atomic mass is 9.68. The highest BCUT2D eigenvalue weighted by atomic mass is 127. The standard InChI is InChI=1S/C20H28N4.HI/c1-15-5-3-6-17-16(13-23-18(15)17)7-11-22-19(21-2)24-12-10-20(14-24)8-4-9-20;/h3,5-6,13,23H,4,7-12,14H2,1-2H3,(H,21,22);1H. The van der Waals surface area contributed by atoms with E-state index in [2.05, 4.69) is 51.5 Å². The van der Waals surface area contributed by atoms with Gasteiger partial charge < -0.3 is 15.2 Å². The molecule has 1 aromatic heterocycles. The molecule has 2 N–H and O–H groups in total. The third-order valence-electron chi connectivity index (χ3n) is 6.05. The summed E-state index contributed by atoms with van der Waals surface area (Å²) >= 11 is 0. The molecule has 1 spiro atoms. The number of hydrogen-bond acceptors (Lipinski definition) is 1. The first kappa shape index (κ1) is 18.5. The van der Waals surface area contributed by atoms with Crippen LogP contribution in [0.2, 0.25) is 0 Å². The molecule has 0 unspecified atom stereocenters. The third-order valence-corrected chi connectivity index (χ3v) is 6.05. The number of guanidine groups is 1. The van der Waals surface area contributed by atoms with Gasteiger partial charge in [0.25, 0.3) is 0 Å². The average molecular weight is 452 g/mol. The van der Waals surface area contributed by atoms with Crippen LogP contribution in [0, 0.1) is 12.3 Å². The maximum absolute atomic E-state index is 4.51. The van der Waals surface area contributed by atoms with E-state index in [1.807, 2.05) is 7.05 Å². The molecule has 0 radical (unpaired) electrons. The molecular formula is C20H29IN4. The number of aliphatic imine (C=N–C) groups is 1. The quantitative estimate of drug-likeness (QED) is 0.419. The number of nitrogens with zero attached hydrogens (tertiary/aromatic N) is 2. The second-order valence-electron chi connectivity index (χ2n) is 7.56. The van der Waals surface area contributed by atoms with E-state index in [-0.39, 0.29) is 24.0 Å². The van der Waals surface area contributed by atoms with Gasteiger partial charge in [-0.2, -0.15) is 0 Å². The number of H-pyrrole nitrogens is 1. The highest BCUT2D eigenvalue weighted by Gasteiger charge is 2.43. The van der Waals surface area contributed by atoms with Crippen molar-refractivity contribution in [1.82, 2.24) is 15.2 Å². The van der Waals surface area contributed by atoms with Crippen molar-refractivity contribution >= 4 is 40.8 Å². The molecule has 2 fully saturated rings. The Morgan fingerprint density at radius 1 is 1.32 bits per heavy atom. The number of rotatable bonds is 3. The molecular weight excluding hydrogens is 423 g/mol. The van der Waals surface area contributed by atoms with Gasteiger partial charge in [-0.25, -0.2) is 0 Å². The summed E-state index contributed by atoms with van der Waals surface area (Å²) in [5, 5.41) is 4.93. The van der Waals surface area contributed by atoms with Crippen LogP contribution in [0.5, 0.6) is 0 Å². The molecule has 4 rings (SSSR count). The molecule has 2 aromatic rings. The van der Waals surface area contributed by atoms with Crippen molar-refractivity contribution in [2.75, 3.05) is 26.7 Å². The number of aryl methyl sites for hydroxylation is 1. The minimum absolute atomic E-state index is 0. The number of nitrogens with one attached hydrogen (secondary N) is 2. The first-order chi connectivity index (χ1) is 11.7.